The molecule has 4 aromatic rings. The van der Waals surface area contributed by atoms with Crippen molar-refractivity contribution < 1.29 is 29.6 Å². The van der Waals surface area contributed by atoms with Crippen molar-refractivity contribution in [2.75, 3.05) is 53.0 Å². The normalized spacial score (nSPS) is 17.8. The molecule has 0 aliphatic carbocycles. The highest BCUT2D eigenvalue weighted by Crippen LogP contribution is 2.40. The first-order valence-electron chi connectivity index (χ1n) is 15.7. The molecule has 1 N–H and O–H groups in total. The lowest BCUT2D eigenvalue weighted by Gasteiger charge is -2.25. The Morgan fingerprint density at radius 3 is 2.81 bits per heavy atom. The SMILES string of the molecule is C=CC(=O)N1CC[C@](C)(OC(=O)NCCOCCOc2cc(F)ccc2-c2nnc(-c3ccc4c(c3)CCN(C)C4)c3ccsc23)C1.[HH]. The molecule has 2 aromatic heterocycles. The maximum Gasteiger partial charge on any atom is 0.407 e. The fraction of sp³-hybridized carbons (Fsp3) is 0.371. The molecule has 10 nitrogen and oxygen atoms in total. The molecule has 4 heterocycles. The number of nitrogens with zero attached hydrogens (tertiary/aromatic N) is 4. The smallest absolute Gasteiger partial charge is 0.407 e. The number of hydrogen-bond acceptors (Lipinski definition) is 9. The Kier molecular flexibility index (Phi) is 9.81. The van der Waals surface area contributed by atoms with Crippen LogP contribution in [0.15, 0.2) is 60.5 Å². The first kappa shape index (κ1) is 32.5. The zero-order chi connectivity index (χ0) is 33.0. The van der Waals surface area contributed by atoms with Gasteiger partial charge in [-0.25, -0.2) is 9.18 Å². The molecule has 0 radical (unpaired) electrons. The lowest BCUT2D eigenvalue weighted by molar-refractivity contribution is -0.125. The van der Waals surface area contributed by atoms with Crippen LogP contribution < -0.4 is 10.1 Å². The predicted molar refractivity (Wildman–Crippen MR) is 181 cm³/mol. The van der Waals surface area contributed by atoms with E-state index in [-0.39, 0.29) is 33.7 Å². The average molecular weight is 662 g/mol. The van der Waals surface area contributed by atoms with Gasteiger partial charge in [0.2, 0.25) is 5.91 Å². The molecular formula is C35H40FN5O5S. The van der Waals surface area contributed by atoms with Crippen LogP contribution in [0.2, 0.25) is 0 Å². The Morgan fingerprint density at radius 1 is 1.11 bits per heavy atom. The van der Waals surface area contributed by atoms with Gasteiger partial charge >= 0.3 is 6.09 Å². The summed E-state index contributed by atoms with van der Waals surface area (Å²) in [7, 11) is 2.14. The number of alkyl carbamates (subject to hydrolysis) is 1. The van der Waals surface area contributed by atoms with Gasteiger partial charge in [0.25, 0.3) is 0 Å². The van der Waals surface area contributed by atoms with Crippen LogP contribution in [0, 0.1) is 5.82 Å². The zero-order valence-corrected chi connectivity index (χ0v) is 27.4. The summed E-state index contributed by atoms with van der Waals surface area (Å²) in [5.74, 6) is -0.260. The Labute approximate surface area is 278 Å². The Hall–Kier alpha value is -4.39. The summed E-state index contributed by atoms with van der Waals surface area (Å²) in [5.41, 5.74) is 5.06. The average Bonchev–Trinajstić information content (AvgIpc) is 3.71. The van der Waals surface area contributed by atoms with Crippen molar-refractivity contribution in [1.82, 2.24) is 25.3 Å². The number of benzene rings is 2. The first-order chi connectivity index (χ1) is 22.7. The minimum atomic E-state index is -0.752. The monoisotopic (exact) mass is 661 g/mol. The third kappa shape index (κ3) is 7.45. The molecular weight excluding hydrogens is 621 g/mol. The Bertz CT molecular complexity index is 1800. The molecule has 2 aliphatic heterocycles. The van der Waals surface area contributed by atoms with E-state index in [9.17, 15) is 14.0 Å². The summed E-state index contributed by atoms with van der Waals surface area (Å²) in [6.07, 6.45) is 2.23. The van der Waals surface area contributed by atoms with Crippen LogP contribution in [0.5, 0.6) is 5.75 Å². The fourth-order valence-corrected chi connectivity index (χ4v) is 6.95. The summed E-state index contributed by atoms with van der Waals surface area (Å²) >= 11 is 1.56. The standard InChI is InChI=1S/C35H38FN5O5S.H2/c1-4-30(42)41-14-11-35(2,22-41)46-34(43)37-12-15-44-16-17-45-29-20-26(36)7-8-27(29)32-33-28(10-18-47-33)31(38-39-32)24-5-6-25-21-40(3)13-9-23(25)19-24;/h4-8,10,18-20H,1,9,11-17,21-22H2,2-3H3,(H,37,43);1H/t35-;/m0./s1. The Balaban J connectivity index is 0.00000451. The predicted octanol–water partition coefficient (Wildman–Crippen LogP) is 5.70. The summed E-state index contributed by atoms with van der Waals surface area (Å²) in [6, 6.07) is 13.0. The minimum Gasteiger partial charge on any atom is -0.490 e. The van der Waals surface area contributed by atoms with E-state index < -0.39 is 17.5 Å². The number of fused-ring (bicyclic) bond motifs is 2. The summed E-state index contributed by atoms with van der Waals surface area (Å²) in [6.45, 7) is 8.94. The number of rotatable bonds is 11. The summed E-state index contributed by atoms with van der Waals surface area (Å²) < 4.78 is 32.4. The molecule has 2 aliphatic rings. The number of likely N-dealkylation sites (tertiary alicyclic amines) is 1. The van der Waals surface area contributed by atoms with Gasteiger partial charge in [-0.3, -0.25) is 4.79 Å². The molecule has 2 aromatic carbocycles. The number of halogens is 1. The first-order valence-corrected chi connectivity index (χ1v) is 16.5. The topological polar surface area (TPSA) is 106 Å². The quantitative estimate of drug-likeness (QED) is 0.161. The number of aromatic nitrogens is 2. The van der Waals surface area contributed by atoms with Crippen LogP contribution in [-0.2, 0) is 27.2 Å². The van der Waals surface area contributed by atoms with Crippen molar-refractivity contribution in [1.29, 1.82) is 0 Å². The van der Waals surface area contributed by atoms with Crippen LogP contribution in [-0.4, -0.2) is 90.6 Å². The molecule has 0 unspecified atom stereocenters. The summed E-state index contributed by atoms with van der Waals surface area (Å²) in [4.78, 5) is 28.0. The third-order valence-corrected chi connectivity index (χ3v) is 9.45. The molecule has 1 fully saturated rings. The van der Waals surface area contributed by atoms with Crippen LogP contribution in [0.4, 0.5) is 9.18 Å². The summed E-state index contributed by atoms with van der Waals surface area (Å²) in [5, 5.41) is 15.0. The van der Waals surface area contributed by atoms with Crippen LogP contribution in [0.3, 0.4) is 0 Å². The minimum absolute atomic E-state index is 0. The van der Waals surface area contributed by atoms with Gasteiger partial charge in [-0.15, -0.1) is 21.5 Å². The van der Waals surface area contributed by atoms with Gasteiger partial charge in [-0.05, 0) is 67.2 Å². The van der Waals surface area contributed by atoms with Gasteiger partial charge < -0.3 is 29.3 Å². The van der Waals surface area contributed by atoms with E-state index in [2.05, 4.69) is 58.3 Å². The molecule has 0 spiro atoms. The number of carbonyl (C=O) groups excluding carboxylic acids is 2. The van der Waals surface area contributed by atoms with E-state index in [1.807, 2.05) is 5.38 Å². The van der Waals surface area contributed by atoms with E-state index in [0.29, 0.717) is 36.5 Å². The van der Waals surface area contributed by atoms with E-state index in [0.717, 1.165) is 40.9 Å². The number of thiophene rings is 1. The number of likely N-dealkylation sites (N-methyl/N-ethyl adjacent to an activating group) is 1. The highest BCUT2D eigenvalue weighted by atomic mass is 32.1. The van der Waals surface area contributed by atoms with Gasteiger partial charge in [0, 0.05) is 56.6 Å². The van der Waals surface area contributed by atoms with Crippen LogP contribution in [0.25, 0.3) is 32.6 Å². The molecule has 1 atom stereocenters. The Morgan fingerprint density at radius 2 is 1.96 bits per heavy atom. The van der Waals surface area contributed by atoms with Gasteiger partial charge in [0.15, 0.2) is 0 Å². The molecule has 0 saturated carbocycles. The van der Waals surface area contributed by atoms with Crippen LogP contribution in [0.1, 0.15) is 25.9 Å². The van der Waals surface area contributed by atoms with E-state index in [1.165, 1.54) is 29.3 Å². The van der Waals surface area contributed by atoms with Gasteiger partial charge in [0.05, 0.1) is 24.5 Å². The highest BCUT2D eigenvalue weighted by Gasteiger charge is 2.38. The van der Waals surface area contributed by atoms with E-state index >= 15 is 0 Å². The number of ether oxygens (including phenoxy) is 3. The van der Waals surface area contributed by atoms with Gasteiger partial charge in [-0.2, -0.15) is 0 Å². The second-order valence-corrected chi connectivity index (χ2v) is 13.0. The third-order valence-electron chi connectivity index (χ3n) is 8.53. The molecule has 6 rings (SSSR count). The maximum absolute atomic E-state index is 14.3. The second kappa shape index (κ2) is 14.2. The van der Waals surface area contributed by atoms with E-state index in [1.54, 1.807) is 29.2 Å². The lowest BCUT2D eigenvalue weighted by atomic mass is 9.95. The molecule has 1 saturated heterocycles. The maximum atomic E-state index is 14.3. The van der Waals surface area contributed by atoms with Crippen molar-refractivity contribution >= 4 is 33.4 Å². The molecule has 12 heteroatoms. The van der Waals surface area contributed by atoms with Crippen molar-refractivity contribution in [3.05, 3.63) is 77.4 Å². The lowest BCUT2D eigenvalue weighted by Crippen LogP contribution is -2.40. The molecule has 248 valence electrons. The molecule has 2 amide bonds. The van der Waals surface area contributed by atoms with Crippen molar-refractivity contribution in [2.45, 2.75) is 31.9 Å². The molecule has 0 bridgehead atoms. The largest absolute Gasteiger partial charge is 0.490 e. The number of amides is 2. The number of hydrogen-bond donors (Lipinski definition) is 1. The van der Waals surface area contributed by atoms with Gasteiger partial charge in [-0.1, -0.05) is 18.7 Å². The van der Waals surface area contributed by atoms with E-state index in [4.69, 9.17) is 14.2 Å². The van der Waals surface area contributed by atoms with Crippen molar-refractivity contribution in [3.8, 4) is 28.3 Å². The van der Waals surface area contributed by atoms with Crippen molar-refractivity contribution in [2.24, 2.45) is 0 Å². The molecule has 47 heavy (non-hydrogen) atoms. The van der Waals surface area contributed by atoms with Gasteiger partial charge in [0.1, 0.15) is 35.2 Å². The fourth-order valence-electron chi connectivity index (χ4n) is 6.05. The van der Waals surface area contributed by atoms with Crippen LogP contribution >= 0.6 is 11.3 Å². The zero-order valence-electron chi connectivity index (χ0n) is 26.6. The number of nitrogens with one attached hydrogen (secondary N) is 1. The van der Waals surface area contributed by atoms with Crippen molar-refractivity contribution in [3.63, 3.8) is 0 Å². The highest BCUT2D eigenvalue weighted by molar-refractivity contribution is 7.17. The number of carbonyl (C=O) groups is 2. The second-order valence-electron chi connectivity index (χ2n) is 12.1.